The zero-order valence-electron chi connectivity index (χ0n) is 9.80. The predicted molar refractivity (Wildman–Crippen MR) is 70.1 cm³/mol. The smallest absolute Gasteiger partial charge is 0.450 e. The molecule has 0 aliphatic rings. The van der Waals surface area contributed by atoms with Crippen molar-refractivity contribution in [2.45, 2.75) is 6.16 Å². The van der Waals surface area contributed by atoms with E-state index in [1.165, 1.54) is 5.56 Å². The number of carbonyl (C=O) groups is 1. The molecule has 2 aromatic rings. The summed E-state index contributed by atoms with van der Waals surface area (Å²) < 4.78 is 5.21. The molecular formula is C14H12O2PY+2. The van der Waals surface area contributed by atoms with Gasteiger partial charge >= 0.3 is 38.7 Å². The summed E-state index contributed by atoms with van der Waals surface area (Å²) in [7, 11) is 2.64. The standard InChI is InChI=1S/C14H12O2P.Y/c15-14(16-13-4-2-1-3-5-13)12-8-6-11(10-17)7-9-12;/h2-9H,10,17H2;/q-1;+3. The first-order valence-electron chi connectivity index (χ1n) is 5.27. The minimum Gasteiger partial charge on any atom is -0.450 e. The van der Waals surface area contributed by atoms with Gasteiger partial charge in [0.05, 0.1) is 5.56 Å². The van der Waals surface area contributed by atoms with Gasteiger partial charge in [-0.25, -0.2) is 4.79 Å². The Labute approximate surface area is 134 Å². The fourth-order valence-electron chi connectivity index (χ4n) is 1.38. The van der Waals surface area contributed by atoms with Crippen LogP contribution in [0, 0.1) is 6.07 Å². The summed E-state index contributed by atoms with van der Waals surface area (Å²) in [4.78, 5) is 11.8. The molecule has 0 aromatic heterocycles. The molecule has 2 aromatic carbocycles. The molecule has 1 atom stereocenters. The van der Waals surface area contributed by atoms with Crippen LogP contribution < -0.4 is 4.74 Å². The Morgan fingerprint density at radius 2 is 1.72 bits per heavy atom. The minimum atomic E-state index is -0.341. The van der Waals surface area contributed by atoms with E-state index in [0.29, 0.717) is 11.3 Å². The fourth-order valence-corrected chi connectivity index (χ4v) is 1.65. The van der Waals surface area contributed by atoms with Crippen LogP contribution in [-0.2, 0) is 38.9 Å². The van der Waals surface area contributed by atoms with E-state index in [-0.39, 0.29) is 38.7 Å². The molecule has 0 saturated heterocycles. The Morgan fingerprint density at radius 3 is 2.28 bits per heavy atom. The molecule has 0 bridgehead atoms. The van der Waals surface area contributed by atoms with Crippen LogP contribution in [0.2, 0.25) is 0 Å². The molecule has 0 fully saturated rings. The quantitative estimate of drug-likeness (QED) is 0.374. The number of benzene rings is 2. The normalized spacial score (nSPS) is 9.39. The predicted octanol–water partition coefficient (Wildman–Crippen LogP) is 3.08. The third-order valence-electron chi connectivity index (χ3n) is 2.32. The number of rotatable bonds is 3. The van der Waals surface area contributed by atoms with Crippen molar-refractivity contribution in [2.75, 3.05) is 0 Å². The van der Waals surface area contributed by atoms with Gasteiger partial charge in [-0.2, -0.15) is 18.2 Å². The van der Waals surface area contributed by atoms with Crippen molar-refractivity contribution in [2.24, 2.45) is 0 Å². The number of hydrogen-bond donors (Lipinski definition) is 0. The molecule has 0 aliphatic heterocycles. The van der Waals surface area contributed by atoms with E-state index in [1.54, 1.807) is 36.4 Å². The van der Waals surface area contributed by atoms with Gasteiger partial charge in [-0.15, -0.1) is 21.4 Å². The van der Waals surface area contributed by atoms with E-state index in [9.17, 15) is 4.79 Å². The topological polar surface area (TPSA) is 26.3 Å². The van der Waals surface area contributed by atoms with Crippen LogP contribution in [0.15, 0.2) is 48.5 Å². The first-order chi connectivity index (χ1) is 8.29. The van der Waals surface area contributed by atoms with Crippen molar-refractivity contribution in [3.05, 3.63) is 65.7 Å². The van der Waals surface area contributed by atoms with Gasteiger partial charge in [-0.05, 0) is 23.9 Å². The molecule has 18 heavy (non-hydrogen) atoms. The Balaban J connectivity index is 0.00000162. The van der Waals surface area contributed by atoms with Crippen molar-refractivity contribution in [3.63, 3.8) is 0 Å². The van der Waals surface area contributed by atoms with Gasteiger partial charge < -0.3 is 4.74 Å². The minimum absolute atomic E-state index is 0. The van der Waals surface area contributed by atoms with Crippen molar-refractivity contribution < 1.29 is 42.2 Å². The second-order valence-corrected chi connectivity index (χ2v) is 3.93. The maximum atomic E-state index is 11.8. The molecule has 2 nitrogen and oxygen atoms in total. The molecule has 0 amide bonds. The summed E-state index contributed by atoms with van der Waals surface area (Å²) in [6.07, 6.45) is 0.879. The molecule has 0 heterocycles. The van der Waals surface area contributed by atoms with E-state index in [0.717, 1.165) is 6.16 Å². The third kappa shape index (κ3) is 4.28. The van der Waals surface area contributed by atoms with E-state index >= 15 is 0 Å². The van der Waals surface area contributed by atoms with E-state index < -0.39 is 0 Å². The Bertz CT molecular complexity index is 497. The summed E-state index contributed by atoms with van der Waals surface area (Å²) in [6.45, 7) is 0. The summed E-state index contributed by atoms with van der Waals surface area (Å²) in [5, 5.41) is 0. The van der Waals surface area contributed by atoms with Crippen LogP contribution in [0.3, 0.4) is 0 Å². The average Bonchev–Trinajstić information content (AvgIpc) is 2.40. The van der Waals surface area contributed by atoms with Gasteiger partial charge in [-0.3, -0.25) is 0 Å². The van der Waals surface area contributed by atoms with Gasteiger partial charge in [0, 0.05) is 5.75 Å². The molecule has 0 spiro atoms. The molecule has 4 heteroatoms. The molecule has 1 unspecified atom stereocenters. The van der Waals surface area contributed by atoms with Crippen LogP contribution in [0.4, 0.5) is 0 Å². The Hall–Kier alpha value is -0.556. The van der Waals surface area contributed by atoms with Crippen molar-refractivity contribution in [1.82, 2.24) is 0 Å². The molecule has 0 N–H and O–H groups in total. The largest absolute Gasteiger partial charge is 3.00 e. The first kappa shape index (κ1) is 15.5. The van der Waals surface area contributed by atoms with Crippen LogP contribution in [0.25, 0.3) is 0 Å². The first-order valence-corrected chi connectivity index (χ1v) is 6.08. The zero-order chi connectivity index (χ0) is 12.1. The van der Waals surface area contributed by atoms with E-state index in [2.05, 4.69) is 15.3 Å². The van der Waals surface area contributed by atoms with Gasteiger partial charge in [0.25, 0.3) is 0 Å². The third-order valence-corrected chi connectivity index (χ3v) is 2.79. The Morgan fingerprint density at radius 1 is 1.11 bits per heavy atom. The number of ether oxygens (including phenoxy) is 1. The molecule has 0 saturated carbocycles. The van der Waals surface area contributed by atoms with E-state index in [1.807, 2.05) is 12.1 Å². The number of carbonyl (C=O) groups excluding carboxylic acids is 1. The SMILES string of the molecule is O=C(Oc1cc[c-]cc1)c1ccc(CP)cc1.[Y+3]. The molecule has 2 rings (SSSR count). The van der Waals surface area contributed by atoms with Crippen molar-refractivity contribution in [3.8, 4) is 5.75 Å². The summed E-state index contributed by atoms with van der Waals surface area (Å²) in [6, 6.07) is 17.1. The van der Waals surface area contributed by atoms with Crippen LogP contribution in [0.1, 0.15) is 15.9 Å². The van der Waals surface area contributed by atoms with Crippen LogP contribution >= 0.6 is 9.24 Å². The van der Waals surface area contributed by atoms with Gasteiger partial charge in [0.2, 0.25) is 0 Å². The van der Waals surface area contributed by atoms with Crippen LogP contribution in [0.5, 0.6) is 5.75 Å². The van der Waals surface area contributed by atoms with Gasteiger partial charge in [0.15, 0.2) is 0 Å². The van der Waals surface area contributed by atoms with Gasteiger partial charge in [0.1, 0.15) is 0 Å². The summed E-state index contributed by atoms with van der Waals surface area (Å²) in [5.74, 6) is 0.190. The number of hydrogen-bond acceptors (Lipinski definition) is 2. The van der Waals surface area contributed by atoms with Crippen molar-refractivity contribution >= 4 is 15.2 Å². The second kappa shape index (κ2) is 7.79. The maximum Gasteiger partial charge on any atom is 3.00 e. The number of esters is 1. The molecule has 86 valence electrons. The summed E-state index contributed by atoms with van der Waals surface area (Å²) >= 11 is 0. The van der Waals surface area contributed by atoms with Gasteiger partial charge in [-0.1, -0.05) is 12.1 Å². The Kier molecular flexibility index (Phi) is 6.71. The zero-order valence-corrected chi connectivity index (χ0v) is 13.8. The van der Waals surface area contributed by atoms with Crippen molar-refractivity contribution in [1.29, 1.82) is 0 Å². The second-order valence-electron chi connectivity index (χ2n) is 3.53. The fraction of sp³-hybridized carbons (Fsp3) is 0.0714. The molecule has 0 aliphatic carbocycles. The average molecular weight is 332 g/mol. The maximum absolute atomic E-state index is 11.8. The molecule has 0 radical (unpaired) electrons. The summed E-state index contributed by atoms with van der Waals surface area (Å²) in [5.41, 5.74) is 1.72. The molecular weight excluding hydrogens is 320 g/mol. The van der Waals surface area contributed by atoms with E-state index in [4.69, 9.17) is 4.74 Å². The monoisotopic (exact) mass is 332 g/mol. The van der Waals surface area contributed by atoms with Crippen LogP contribution in [-0.4, -0.2) is 5.97 Å².